The van der Waals surface area contributed by atoms with Crippen molar-refractivity contribution in [3.05, 3.63) is 12.7 Å². The molecule has 0 aromatic heterocycles. The fraction of sp³-hybridized carbons (Fsp3) is 0.926. The van der Waals surface area contributed by atoms with Gasteiger partial charge in [0, 0.05) is 26.2 Å². The second-order valence-corrected chi connectivity index (χ2v) is 8.82. The Hall–Kier alpha value is -0.460. The maximum absolute atomic E-state index is 8.96. The molecule has 1 fully saturated rings. The van der Waals surface area contributed by atoms with Crippen LogP contribution in [0.3, 0.4) is 0 Å². The highest BCUT2D eigenvalue weighted by molar-refractivity contribution is 4.69. The lowest BCUT2D eigenvalue weighted by Crippen LogP contribution is -2.43. The molecule has 0 spiro atoms. The van der Waals surface area contributed by atoms with Crippen molar-refractivity contribution in [3.8, 4) is 0 Å². The van der Waals surface area contributed by atoms with Gasteiger partial charge < -0.3 is 19.3 Å². The molecule has 5 nitrogen and oxygen atoms in total. The van der Waals surface area contributed by atoms with Crippen LogP contribution in [-0.2, 0) is 14.2 Å². The Bertz CT molecular complexity index is 356. The Morgan fingerprint density at radius 1 is 0.875 bits per heavy atom. The SMILES string of the molecule is C=CCCCCCCCCOCC(CN1CCOCC1)OCCO.CCCCCCCC. The number of nitrogens with zero attached hydrogens (tertiary/aromatic N) is 1. The van der Waals surface area contributed by atoms with E-state index in [1.54, 1.807) is 0 Å². The molecule has 0 aliphatic carbocycles. The first kappa shape index (κ1) is 31.5. The lowest BCUT2D eigenvalue weighted by atomic mass is 10.1. The van der Waals surface area contributed by atoms with Crippen LogP contribution in [0.1, 0.15) is 97.3 Å². The first-order valence-electron chi connectivity index (χ1n) is 13.5. The Labute approximate surface area is 199 Å². The molecule has 1 rings (SSSR count). The molecular formula is C27H55NO4. The average Bonchev–Trinajstić information content (AvgIpc) is 2.82. The van der Waals surface area contributed by atoms with Gasteiger partial charge in [0.2, 0.25) is 0 Å². The van der Waals surface area contributed by atoms with Crippen molar-refractivity contribution in [3.63, 3.8) is 0 Å². The third kappa shape index (κ3) is 22.7. The van der Waals surface area contributed by atoms with E-state index in [-0.39, 0.29) is 12.7 Å². The van der Waals surface area contributed by atoms with E-state index in [0.717, 1.165) is 52.3 Å². The van der Waals surface area contributed by atoms with Gasteiger partial charge in [0.05, 0.1) is 39.1 Å². The minimum absolute atomic E-state index is 0.0363. The van der Waals surface area contributed by atoms with Gasteiger partial charge in [-0.05, 0) is 19.3 Å². The molecule has 5 heteroatoms. The predicted octanol–water partition coefficient (Wildman–Crippen LogP) is 6.00. The monoisotopic (exact) mass is 457 g/mol. The molecule has 32 heavy (non-hydrogen) atoms. The van der Waals surface area contributed by atoms with E-state index in [1.165, 1.54) is 70.6 Å². The van der Waals surface area contributed by atoms with Crippen molar-refractivity contribution in [1.82, 2.24) is 4.90 Å². The molecule has 0 aromatic carbocycles. The van der Waals surface area contributed by atoms with Gasteiger partial charge in [0.15, 0.2) is 0 Å². The van der Waals surface area contributed by atoms with Crippen LogP contribution in [0.5, 0.6) is 0 Å². The minimum atomic E-state index is 0.0363. The van der Waals surface area contributed by atoms with E-state index in [2.05, 4.69) is 25.3 Å². The van der Waals surface area contributed by atoms with Crippen molar-refractivity contribution in [2.75, 3.05) is 59.3 Å². The number of allylic oxidation sites excluding steroid dienone is 1. The highest BCUT2D eigenvalue weighted by atomic mass is 16.5. The molecule has 1 aliphatic rings. The van der Waals surface area contributed by atoms with Crippen molar-refractivity contribution in [2.24, 2.45) is 0 Å². The molecule has 1 unspecified atom stereocenters. The number of unbranched alkanes of at least 4 members (excludes halogenated alkanes) is 11. The number of hydrogen-bond acceptors (Lipinski definition) is 5. The van der Waals surface area contributed by atoms with Crippen LogP contribution in [0.2, 0.25) is 0 Å². The van der Waals surface area contributed by atoms with Crippen molar-refractivity contribution in [2.45, 2.75) is 103 Å². The summed E-state index contributed by atoms with van der Waals surface area (Å²) in [5.74, 6) is 0. The fourth-order valence-electron chi connectivity index (χ4n) is 3.71. The van der Waals surface area contributed by atoms with Gasteiger partial charge in [0.25, 0.3) is 0 Å². The van der Waals surface area contributed by atoms with Crippen LogP contribution >= 0.6 is 0 Å². The lowest BCUT2D eigenvalue weighted by molar-refractivity contribution is -0.0559. The van der Waals surface area contributed by atoms with Crippen molar-refractivity contribution >= 4 is 0 Å². The standard InChI is InChI=1S/C19H37NO4.C8H18/c1-2-3-4-5-6-7-8-9-13-23-18-19(24-16-12-21)17-20-10-14-22-15-11-20;1-3-5-7-8-6-4-2/h2,19,21H,1,3-18H2;3-8H2,1-2H3. The van der Waals surface area contributed by atoms with Gasteiger partial charge >= 0.3 is 0 Å². The molecule has 0 amide bonds. The largest absolute Gasteiger partial charge is 0.394 e. The van der Waals surface area contributed by atoms with E-state index in [0.29, 0.717) is 13.2 Å². The van der Waals surface area contributed by atoms with E-state index >= 15 is 0 Å². The fourth-order valence-corrected chi connectivity index (χ4v) is 3.71. The van der Waals surface area contributed by atoms with Gasteiger partial charge in [-0.1, -0.05) is 84.1 Å². The molecule has 0 radical (unpaired) electrons. The van der Waals surface area contributed by atoms with Crippen LogP contribution in [0.25, 0.3) is 0 Å². The molecule has 192 valence electrons. The average molecular weight is 458 g/mol. The van der Waals surface area contributed by atoms with Gasteiger partial charge in [-0.3, -0.25) is 4.90 Å². The van der Waals surface area contributed by atoms with E-state index < -0.39 is 0 Å². The molecule has 1 aliphatic heterocycles. The third-order valence-corrected chi connectivity index (χ3v) is 5.72. The number of morpholine rings is 1. The smallest absolute Gasteiger partial charge is 0.0936 e. The summed E-state index contributed by atoms with van der Waals surface area (Å²) in [6.45, 7) is 14.4. The number of ether oxygens (including phenoxy) is 3. The summed E-state index contributed by atoms with van der Waals surface area (Å²) in [4.78, 5) is 2.35. The van der Waals surface area contributed by atoms with Crippen LogP contribution in [0.4, 0.5) is 0 Å². The van der Waals surface area contributed by atoms with Crippen molar-refractivity contribution in [1.29, 1.82) is 0 Å². The van der Waals surface area contributed by atoms with Crippen molar-refractivity contribution < 1.29 is 19.3 Å². The molecular weight excluding hydrogens is 402 g/mol. The first-order valence-corrected chi connectivity index (χ1v) is 13.5. The number of rotatable bonds is 21. The van der Waals surface area contributed by atoms with Gasteiger partial charge in [-0.25, -0.2) is 0 Å². The molecule has 0 aromatic rings. The molecule has 1 saturated heterocycles. The zero-order valence-electron chi connectivity index (χ0n) is 21.5. The molecule has 0 bridgehead atoms. The second kappa shape index (κ2) is 26.8. The van der Waals surface area contributed by atoms with E-state index in [9.17, 15) is 0 Å². The molecule has 1 atom stereocenters. The topological polar surface area (TPSA) is 51.2 Å². The first-order chi connectivity index (χ1) is 15.8. The van der Waals surface area contributed by atoms with Crippen LogP contribution in [-0.4, -0.2) is 75.4 Å². The Kier molecular flexibility index (Phi) is 26.4. The lowest BCUT2D eigenvalue weighted by Gasteiger charge is -2.30. The summed E-state index contributed by atoms with van der Waals surface area (Å²) >= 11 is 0. The van der Waals surface area contributed by atoms with Crippen LogP contribution < -0.4 is 0 Å². The molecule has 1 N–H and O–H groups in total. The molecule has 1 heterocycles. The maximum atomic E-state index is 8.96. The third-order valence-electron chi connectivity index (χ3n) is 5.72. The Morgan fingerprint density at radius 3 is 2.06 bits per heavy atom. The van der Waals surface area contributed by atoms with Gasteiger partial charge in [-0.2, -0.15) is 0 Å². The second-order valence-electron chi connectivity index (χ2n) is 8.82. The van der Waals surface area contributed by atoms with E-state index in [4.69, 9.17) is 19.3 Å². The zero-order chi connectivity index (χ0) is 23.5. The van der Waals surface area contributed by atoms with Gasteiger partial charge in [-0.15, -0.1) is 6.58 Å². The summed E-state index contributed by atoms with van der Waals surface area (Å²) < 4.78 is 16.9. The summed E-state index contributed by atoms with van der Waals surface area (Å²) in [5, 5.41) is 8.96. The number of hydrogen-bond donors (Lipinski definition) is 1. The summed E-state index contributed by atoms with van der Waals surface area (Å²) in [5.41, 5.74) is 0. The minimum Gasteiger partial charge on any atom is -0.394 e. The van der Waals surface area contributed by atoms with Gasteiger partial charge in [0.1, 0.15) is 0 Å². The van der Waals surface area contributed by atoms with Crippen LogP contribution in [0, 0.1) is 0 Å². The highest BCUT2D eigenvalue weighted by Crippen LogP contribution is 2.08. The maximum Gasteiger partial charge on any atom is 0.0936 e. The quantitative estimate of drug-likeness (QED) is 0.169. The van der Waals surface area contributed by atoms with Crippen LogP contribution in [0.15, 0.2) is 12.7 Å². The Morgan fingerprint density at radius 2 is 1.47 bits per heavy atom. The zero-order valence-corrected chi connectivity index (χ0v) is 21.5. The number of aliphatic hydroxyl groups excluding tert-OH is 1. The summed E-state index contributed by atoms with van der Waals surface area (Å²) in [6, 6.07) is 0. The highest BCUT2D eigenvalue weighted by Gasteiger charge is 2.17. The van der Waals surface area contributed by atoms with E-state index in [1.807, 2.05) is 6.08 Å². The Balaban J connectivity index is 0.00000102. The molecule has 0 saturated carbocycles. The summed E-state index contributed by atoms with van der Waals surface area (Å²) in [7, 11) is 0. The summed E-state index contributed by atoms with van der Waals surface area (Å²) in [6.07, 6.45) is 19.2. The number of aliphatic hydroxyl groups is 1. The normalized spacial score (nSPS) is 15.2. The predicted molar refractivity (Wildman–Crippen MR) is 136 cm³/mol.